The summed E-state index contributed by atoms with van der Waals surface area (Å²) in [5.74, 6) is 1.51. The van der Waals surface area contributed by atoms with Gasteiger partial charge in [0.1, 0.15) is 5.76 Å². The van der Waals surface area contributed by atoms with Crippen LogP contribution in [0.5, 0.6) is 0 Å². The second kappa shape index (κ2) is 6.74. The predicted octanol–water partition coefficient (Wildman–Crippen LogP) is 2.68. The Morgan fingerprint density at radius 1 is 1.21 bits per heavy atom. The summed E-state index contributed by atoms with van der Waals surface area (Å²) in [5, 5.41) is 8.43. The Kier molecular flexibility index (Phi) is 4.19. The molecule has 0 aliphatic carbocycles. The van der Waals surface area contributed by atoms with E-state index < -0.39 is 0 Å². The minimum absolute atomic E-state index is 0.107. The molecule has 0 unspecified atom stereocenters. The molecule has 146 valence electrons. The lowest BCUT2D eigenvalue weighted by Gasteiger charge is -2.36. The molecule has 6 rings (SSSR count). The van der Waals surface area contributed by atoms with Crippen LogP contribution in [0.3, 0.4) is 0 Å². The van der Waals surface area contributed by atoms with E-state index in [1.807, 2.05) is 38.2 Å². The molecule has 0 spiro atoms. The summed E-state index contributed by atoms with van der Waals surface area (Å²) in [5.41, 5.74) is 3.72. The lowest BCUT2D eigenvalue weighted by atomic mass is 9.94. The summed E-state index contributed by atoms with van der Waals surface area (Å²) in [6.45, 7) is 7.55. The molecule has 0 radical (unpaired) electrons. The maximum absolute atomic E-state index is 13.4. The van der Waals surface area contributed by atoms with E-state index in [1.54, 1.807) is 10.7 Å². The van der Waals surface area contributed by atoms with Gasteiger partial charge in [0.25, 0.3) is 5.91 Å². The van der Waals surface area contributed by atoms with Gasteiger partial charge in [-0.25, -0.2) is 4.52 Å². The van der Waals surface area contributed by atoms with Crippen molar-refractivity contribution in [1.29, 1.82) is 0 Å². The number of carbonyl (C=O) groups is 1. The van der Waals surface area contributed by atoms with Gasteiger partial charge >= 0.3 is 0 Å². The third-order valence-corrected chi connectivity index (χ3v) is 6.27. The zero-order valence-corrected chi connectivity index (χ0v) is 16.3. The highest BCUT2D eigenvalue weighted by molar-refractivity contribution is 6.00. The number of rotatable bonds is 3. The van der Waals surface area contributed by atoms with Crippen LogP contribution in [0.1, 0.15) is 40.2 Å². The van der Waals surface area contributed by atoms with Crippen molar-refractivity contribution in [3.8, 4) is 0 Å². The molecule has 2 bridgehead atoms. The van der Waals surface area contributed by atoms with Crippen LogP contribution in [-0.4, -0.2) is 56.2 Å². The molecule has 3 aromatic rings. The molecule has 3 aromatic heterocycles. The standard InChI is InChI=1S/C21H25N5O2/c1-14-19(15(2)28-23-14)13-24-10-16-6-7-17(12-24)25(11-16)21(27)18-9-22-26-8-4-3-5-20(18)26/h3-5,8-9,16-17H,6-7,10-13H2,1-2H3/t16-,17+/m0/s1. The monoisotopic (exact) mass is 379 g/mol. The van der Waals surface area contributed by atoms with Crippen molar-refractivity contribution in [1.82, 2.24) is 24.6 Å². The molecule has 3 aliphatic rings. The van der Waals surface area contributed by atoms with E-state index in [0.29, 0.717) is 11.5 Å². The number of nitrogens with zero attached hydrogens (tertiary/aromatic N) is 5. The molecule has 1 amide bonds. The van der Waals surface area contributed by atoms with E-state index in [4.69, 9.17) is 4.52 Å². The van der Waals surface area contributed by atoms with Gasteiger partial charge in [0.2, 0.25) is 0 Å². The first-order valence-corrected chi connectivity index (χ1v) is 9.97. The fourth-order valence-electron chi connectivity index (χ4n) is 4.76. The molecular weight excluding hydrogens is 354 g/mol. The van der Waals surface area contributed by atoms with Gasteiger partial charge in [-0.1, -0.05) is 11.2 Å². The van der Waals surface area contributed by atoms with Crippen LogP contribution < -0.4 is 0 Å². The Labute approximate surface area is 163 Å². The second-order valence-electron chi connectivity index (χ2n) is 8.14. The van der Waals surface area contributed by atoms with Gasteiger partial charge in [-0.05, 0) is 44.7 Å². The molecule has 0 saturated carbocycles. The number of carbonyl (C=O) groups excluding carboxylic acids is 1. The summed E-state index contributed by atoms with van der Waals surface area (Å²) in [7, 11) is 0. The van der Waals surface area contributed by atoms with Crippen molar-refractivity contribution >= 4 is 11.4 Å². The molecular formula is C21H25N5O2. The molecule has 7 heteroatoms. The normalized spacial score (nSPS) is 22.7. The second-order valence-corrected chi connectivity index (χ2v) is 8.14. The first-order valence-electron chi connectivity index (χ1n) is 9.97. The Hall–Kier alpha value is -2.67. The molecule has 3 saturated heterocycles. The number of fused-ring (bicyclic) bond motifs is 5. The van der Waals surface area contributed by atoms with Crippen molar-refractivity contribution in [3.63, 3.8) is 0 Å². The van der Waals surface area contributed by atoms with Crippen molar-refractivity contribution in [2.24, 2.45) is 5.92 Å². The fraction of sp³-hybridized carbons (Fsp3) is 0.476. The minimum atomic E-state index is 0.107. The molecule has 2 atom stereocenters. The van der Waals surface area contributed by atoms with E-state index in [0.717, 1.165) is 49.6 Å². The fourth-order valence-corrected chi connectivity index (χ4v) is 4.76. The average Bonchev–Trinajstić information content (AvgIpc) is 3.13. The maximum Gasteiger partial charge on any atom is 0.257 e. The SMILES string of the molecule is Cc1noc(C)c1CN1C[C@@H]2CC[C@H](C1)N(C(=O)c1cnn3ccccc13)C2. The Bertz CT molecular complexity index is 1000. The van der Waals surface area contributed by atoms with Crippen LogP contribution in [0.2, 0.25) is 0 Å². The first-order chi connectivity index (χ1) is 13.6. The zero-order valence-electron chi connectivity index (χ0n) is 16.3. The van der Waals surface area contributed by atoms with Crippen molar-refractivity contribution < 1.29 is 9.32 Å². The summed E-state index contributed by atoms with van der Waals surface area (Å²) in [6, 6.07) is 6.08. The maximum atomic E-state index is 13.4. The zero-order chi connectivity index (χ0) is 19.3. The molecule has 0 N–H and O–H groups in total. The van der Waals surface area contributed by atoms with Crippen LogP contribution >= 0.6 is 0 Å². The average molecular weight is 379 g/mol. The summed E-state index contributed by atoms with van der Waals surface area (Å²) in [6.07, 6.45) is 5.83. The molecule has 7 nitrogen and oxygen atoms in total. The summed E-state index contributed by atoms with van der Waals surface area (Å²) >= 11 is 0. The molecule has 3 fully saturated rings. The van der Waals surface area contributed by atoms with Crippen LogP contribution in [0, 0.1) is 19.8 Å². The van der Waals surface area contributed by atoms with Gasteiger partial charge in [0, 0.05) is 44.0 Å². The smallest absolute Gasteiger partial charge is 0.257 e. The van der Waals surface area contributed by atoms with Crippen LogP contribution in [-0.2, 0) is 6.54 Å². The Morgan fingerprint density at radius 3 is 2.93 bits per heavy atom. The number of pyridine rings is 1. The minimum Gasteiger partial charge on any atom is -0.361 e. The van der Waals surface area contributed by atoms with E-state index in [-0.39, 0.29) is 11.9 Å². The van der Waals surface area contributed by atoms with E-state index >= 15 is 0 Å². The topological polar surface area (TPSA) is 66.9 Å². The van der Waals surface area contributed by atoms with E-state index in [2.05, 4.69) is 20.1 Å². The highest BCUT2D eigenvalue weighted by atomic mass is 16.5. The van der Waals surface area contributed by atoms with E-state index in [1.165, 1.54) is 12.0 Å². The number of hydrogen-bond acceptors (Lipinski definition) is 5. The van der Waals surface area contributed by atoms with Gasteiger partial charge in [-0.2, -0.15) is 5.10 Å². The lowest BCUT2D eigenvalue weighted by molar-refractivity contribution is 0.0587. The number of piperidine rings is 1. The molecule has 28 heavy (non-hydrogen) atoms. The lowest BCUT2D eigenvalue weighted by Crippen LogP contribution is -2.47. The van der Waals surface area contributed by atoms with Crippen LogP contribution in [0.4, 0.5) is 0 Å². The third kappa shape index (κ3) is 2.90. The number of hydrogen-bond donors (Lipinski definition) is 0. The van der Waals surface area contributed by atoms with Crippen LogP contribution in [0.25, 0.3) is 5.52 Å². The van der Waals surface area contributed by atoms with Gasteiger partial charge in [-0.15, -0.1) is 0 Å². The molecule has 0 aromatic carbocycles. The van der Waals surface area contributed by atoms with Crippen molar-refractivity contribution in [2.45, 2.75) is 39.3 Å². The molecule has 3 aliphatic heterocycles. The largest absolute Gasteiger partial charge is 0.361 e. The van der Waals surface area contributed by atoms with Gasteiger partial charge < -0.3 is 9.42 Å². The number of amides is 1. The highest BCUT2D eigenvalue weighted by Gasteiger charge is 2.38. The number of aromatic nitrogens is 3. The van der Waals surface area contributed by atoms with Gasteiger partial charge in [-0.3, -0.25) is 9.69 Å². The number of aryl methyl sites for hydroxylation is 2. The third-order valence-electron chi connectivity index (χ3n) is 6.27. The molecule has 6 heterocycles. The van der Waals surface area contributed by atoms with Crippen molar-refractivity contribution in [2.75, 3.05) is 19.6 Å². The first kappa shape index (κ1) is 17.4. The van der Waals surface area contributed by atoms with Crippen LogP contribution in [0.15, 0.2) is 35.1 Å². The Balaban J connectivity index is 1.39. The summed E-state index contributed by atoms with van der Waals surface area (Å²) < 4.78 is 7.11. The predicted molar refractivity (Wildman–Crippen MR) is 104 cm³/mol. The van der Waals surface area contributed by atoms with Crippen molar-refractivity contribution in [3.05, 3.63) is 53.2 Å². The quantitative estimate of drug-likeness (QED) is 0.700. The Morgan fingerprint density at radius 2 is 2.11 bits per heavy atom. The van der Waals surface area contributed by atoms with Gasteiger partial charge in [0.15, 0.2) is 0 Å². The highest BCUT2D eigenvalue weighted by Crippen LogP contribution is 2.31. The van der Waals surface area contributed by atoms with E-state index in [9.17, 15) is 4.79 Å². The van der Waals surface area contributed by atoms with Gasteiger partial charge in [0.05, 0.1) is 23.0 Å². The summed E-state index contributed by atoms with van der Waals surface area (Å²) in [4.78, 5) is 17.9.